The van der Waals surface area contributed by atoms with Crippen molar-refractivity contribution in [3.8, 4) is 35.7 Å². The van der Waals surface area contributed by atoms with Gasteiger partial charge in [0.1, 0.15) is 0 Å². The van der Waals surface area contributed by atoms with Gasteiger partial charge >= 0.3 is 192 Å². The van der Waals surface area contributed by atoms with E-state index in [1.807, 2.05) is 0 Å². The van der Waals surface area contributed by atoms with Crippen LogP contribution in [0.2, 0.25) is 0 Å². The summed E-state index contributed by atoms with van der Waals surface area (Å²) in [6, 6.07) is 0. The van der Waals surface area contributed by atoms with E-state index in [9.17, 15) is 0 Å². The van der Waals surface area contributed by atoms with Gasteiger partial charge in [-0.1, -0.05) is 0 Å². The summed E-state index contributed by atoms with van der Waals surface area (Å²) in [7, 11) is 0. The van der Waals surface area contributed by atoms with Gasteiger partial charge in [0.15, 0.2) is 0 Å². The van der Waals surface area contributed by atoms with Gasteiger partial charge in [-0.2, -0.15) is 0 Å². The predicted molar refractivity (Wildman–Crippen MR) is 44.9 cm³/mol. The van der Waals surface area contributed by atoms with Crippen LogP contribution in [0.1, 0.15) is 0 Å². The van der Waals surface area contributed by atoms with E-state index in [2.05, 4.69) is 0 Å². The maximum atomic E-state index is 9.05. The number of nitrogens with zero attached hydrogens (tertiary/aromatic N) is 8. The molecule has 80 valence electrons. The molecule has 0 bridgehead atoms. The summed E-state index contributed by atoms with van der Waals surface area (Å²) in [6.07, 6.45) is 0. The van der Waals surface area contributed by atoms with E-state index in [-0.39, 0.29) is 103 Å². The Morgan fingerprint density at radius 1 is 0.368 bits per heavy atom. The topological polar surface area (TPSA) is 190 Å². The molecule has 19 heavy (non-hydrogen) atoms. The maximum Gasteiger partial charge on any atom is 1.00 e. The van der Waals surface area contributed by atoms with Crippen LogP contribution in [-0.2, 0) is 11.1 Å². The third kappa shape index (κ3) is 1.44. The van der Waals surface area contributed by atoms with Crippen molar-refractivity contribution in [3.05, 3.63) is 0 Å². The van der Waals surface area contributed by atoms with E-state index in [4.69, 9.17) is 42.1 Å². The van der Waals surface area contributed by atoms with Crippen LogP contribution in [0.25, 0.3) is 0 Å². The van der Waals surface area contributed by atoms with Crippen LogP contribution in [0.15, 0.2) is 0 Å². The van der Waals surface area contributed by atoms with Crippen LogP contribution in [0.3, 0.4) is 0 Å². The van der Waals surface area contributed by atoms with Gasteiger partial charge < -0.3 is 0 Å². The van der Waals surface area contributed by atoms with E-state index >= 15 is 0 Å². The quantitative estimate of drug-likeness (QED) is 0.313. The third-order valence-corrected chi connectivity index (χ3v) is 20.9. The molecule has 0 aliphatic carbocycles. The molecule has 8 nitrogen and oxygen atoms in total. The van der Waals surface area contributed by atoms with Crippen molar-refractivity contribution in [2.45, 2.75) is 0 Å². The minimum atomic E-state index is -9.52. The normalized spacial score (nSPS) is 15.6. The molecule has 0 unspecified atom stereocenters. The monoisotopic (exact) mass is 470 g/mol. The molecule has 0 saturated heterocycles. The van der Waals surface area contributed by atoms with Crippen molar-refractivity contribution >= 4 is 0 Å². The predicted octanol–water partition coefficient (Wildman–Crippen LogP) is -5.86. The summed E-state index contributed by atoms with van der Waals surface area (Å²) in [5, 5.41) is 72.4. The van der Waals surface area contributed by atoms with Crippen LogP contribution in [0.4, 0.5) is 0 Å². The van der Waals surface area contributed by atoms with Gasteiger partial charge in [0.25, 0.3) is 0 Å². The van der Waals surface area contributed by atoms with Crippen LogP contribution in [0.5, 0.6) is 0 Å². The fourth-order valence-corrected chi connectivity index (χ4v) is 4.68. The van der Waals surface area contributed by atoms with E-state index in [0.29, 0.717) is 35.7 Å². The van der Waals surface area contributed by atoms with Gasteiger partial charge in [0.2, 0.25) is 0 Å². The molecule has 0 rings (SSSR count). The van der Waals surface area contributed by atoms with Crippen molar-refractivity contribution in [2.75, 3.05) is 0 Å². The largest absolute Gasteiger partial charge is 1.00 e. The Morgan fingerprint density at radius 3 is 0.474 bits per heavy atom. The van der Waals surface area contributed by atoms with Crippen LogP contribution < -0.4 is 103 Å². The Morgan fingerprint density at radius 2 is 0.474 bits per heavy atom. The molecule has 0 spiro atoms. The second kappa shape index (κ2) is 3.96. The Labute approximate surface area is 187 Å². The molecule has 11 heteroatoms. The zero-order chi connectivity index (χ0) is 14.0. The molecule has 0 radical (unpaired) electrons. The van der Waals surface area contributed by atoms with Gasteiger partial charge in [0, 0.05) is 0 Å². The average Bonchev–Trinajstić information content (AvgIpc) is 2.48. The smallest absolute Gasteiger partial charge is 1.00 e. The molecule has 0 heterocycles. The molecule has 0 atom stereocenters. The molecule has 0 aliphatic rings. The number of hydrogen-bond acceptors (Lipinski definition) is 8. The zero-order valence-electron chi connectivity index (χ0n) is 9.99. The summed E-state index contributed by atoms with van der Waals surface area (Å²) < 4.78 is 5.33. The molecule has 0 fully saturated rings. The molecular weight excluding hydrogens is 470 g/mol. The van der Waals surface area contributed by atoms with E-state index in [1.165, 1.54) is 0 Å². The van der Waals surface area contributed by atoms with Crippen molar-refractivity contribution in [1.29, 1.82) is 42.1 Å². The van der Waals surface area contributed by atoms with Crippen molar-refractivity contribution in [3.63, 3.8) is 0 Å². The first-order chi connectivity index (χ1) is 7.66. The molecule has 0 N–H and O–H groups in total. The summed E-state index contributed by atoms with van der Waals surface area (Å²) >= 11 is -9.52. The number of rotatable bonds is 0. The summed E-state index contributed by atoms with van der Waals surface area (Å²) in [4.78, 5) is 0. The average molecular weight is 470 g/mol. The molecule has 0 aromatic carbocycles. The van der Waals surface area contributed by atoms with Gasteiger partial charge in [-0.15, -0.1) is 0 Å². The Hall–Kier alpha value is -0.119. The van der Waals surface area contributed by atoms with Crippen molar-refractivity contribution < 1.29 is 114 Å². The SMILES string of the molecule is N#[C][W-2]([C]#N)([C]#N)([C]#N)([C]#N)([C]#N)([C]#N)[C]#N.[K+].[K+]. The Balaban J connectivity index is -0.00000128. The van der Waals surface area contributed by atoms with Crippen LogP contribution in [0, 0.1) is 77.8 Å². The standard InChI is InChI=1S/8CN.2K.W/c8*1-2;;;/q;;;;;;;;2*+1;-2. The summed E-state index contributed by atoms with van der Waals surface area (Å²) in [6.45, 7) is 0. The second-order valence-electron chi connectivity index (χ2n) is 3.59. The summed E-state index contributed by atoms with van der Waals surface area (Å²) in [5.74, 6) is 0. The fourth-order valence-electron chi connectivity index (χ4n) is 0.572. The third-order valence-electron chi connectivity index (χ3n) is 2.56. The molecular formula is C8K2N8W. The van der Waals surface area contributed by atoms with Crippen LogP contribution >= 0.6 is 0 Å². The first-order valence-electron chi connectivity index (χ1n) is 3.42. The van der Waals surface area contributed by atoms with E-state index < -0.39 is 11.1 Å². The number of nitriles is 8. The zero-order valence-corrected chi connectivity index (χ0v) is 19.2. The van der Waals surface area contributed by atoms with E-state index in [1.54, 1.807) is 0 Å². The van der Waals surface area contributed by atoms with Crippen LogP contribution in [-0.4, -0.2) is 0 Å². The molecule has 0 saturated carbocycles. The van der Waals surface area contributed by atoms with Crippen molar-refractivity contribution in [1.82, 2.24) is 0 Å². The van der Waals surface area contributed by atoms with Gasteiger partial charge in [-0.3, -0.25) is 0 Å². The van der Waals surface area contributed by atoms with Gasteiger partial charge in [-0.25, -0.2) is 0 Å². The van der Waals surface area contributed by atoms with E-state index in [0.717, 1.165) is 0 Å². The first kappa shape index (κ1) is 23.9. The minimum absolute atomic E-state index is 0. The Kier molecular flexibility index (Phi) is 4.99. The molecule has 0 aliphatic heterocycles. The minimum Gasteiger partial charge on any atom is 1.00 e. The summed E-state index contributed by atoms with van der Waals surface area (Å²) in [5.41, 5.74) is 0. The molecule has 0 aromatic heterocycles. The first-order valence-corrected chi connectivity index (χ1v) is 15.2. The Bertz CT molecular complexity index is 626. The second-order valence-corrected chi connectivity index (χ2v) is 29.4. The number of hydrogen-bond donors (Lipinski definition) is 0. The maximum absolute atomic E-state index is 9.52. The van der Waals surface area contributed by atoms with Gasteiger partial charge in [-0.05, 0) is 0 Å². The molecule has 0 amide bonds. The van der Waals surface area contributed by atoms with Crippen molar-refractivity contribution in [2.24, 2.45) is 0 Å². The fraction of sp³-hybridized carbons (Fsp3) is 0. The molecule has 0 aromatic rings. The van der Waals surface area contributed by atoms with Gasteiger partial charge in [0.05, 0.1) is 0 Å².